The summed E-state index contributed by atoms with van der Waals surface area (Å²) in [6, 6.07) is 7.85. The molecule has 174 valence electrons. The molecule has 4 rings (SSSR count). The Morgan fingerprint density at radius 3 is 2.67 bits per heavy atom. The Bertz CT molecular complexity index is 1150. The summed E-state index contributed by atoms with van der Waals surface area (Å²) >= 11 is 2.81. The zero-order valence-corrected chi connectivity index (χ0v) is 20.5. The highest BCUT2D eigenvalue weighted by molar-refractivity contribution is 7.99. The third-order valence-corrected chi connectivity index (χ3v) is 7.70. The van der Waals surface area contributed by atoms with Gasteiger partial charge in [-0.2, -0.15) is 0 Å². The Balaban J connectivity index is 1.41. The lowest BCUT2D eigenvalue weighted by atomic mass is 10.1. The number of carbonyl (C=O) groups excluding carboxylic acids is 2. The number of thiophene rings is 1. The fraction of sp³-hybridized carbons (Fsp3) is 0.391. The number of rotatable bonds is 9. The van der Waals surface area contributed by atoms with Gasteiger partial charge >= 0.3 is 5.97 Å². The van der Waals surface area contributed by atoms with Crippen LogP contribution in [0, 0.1) is 0 Å². The van der Waals surface area contributed by atoms with Crippen molar-refractivity contribution >= 4 is 40.0 Å². The molecule has 1 N–H and O–H groups in total. The minimum absolute atomic E-state index is 0.170. The second-order valence-corrected chi connectivity index (χ2v) is 9.61. The highest BCUT2D eigenvalue weighted by Gasteiger charge is 2.28. The highest BCUT2D eigenvalue weighted by atomic mass is 32.2. The smallest absolute Gasteiger partial charge is 0.341 e. The van der Waals surface area contributed by atoms with Crippen molar-refractivity contribution in [3.8, 4) is 5.75 Å². The van der Waals surface area contributed by atoms with Gasteiger partial charge in [-0.1, -0.05) is 23.9 Å². The minimum Gasteiger partial charge on any atom is -0.497 e. The summed E-state index contributed by atoms with van der Waals surface area (Å²) < 4.78 is 12.2. The summed E-state index contributed by atoms with van der Waals surface area (Å²) in [7, 11) is 3.01. The molecule has 1 aliphatic rings. The van der Waals surface area contributed by atoms with Crippen LogP contribution in [0.1, 0.15) is 45.5 Å². The number of hydrogen-bond acceptors (Lipinski definition) is 8. The molecule has 1 aromatic carbocycles. The Labute approximate surface area is 200 Å². The first-order valence-electron chi connectivity index (χ1n) is 10.7. The summed E-state index contributed by atoms with van der Waals surface area (Å²) in [6.07, 6.45) is 3.45. The van der Waals surface area contributed by atoms with E-state index in [0.717, 1.165) is 46.8 Å². The number of benzene rings is 1. The molecular weight excluding hydrogens is 460 g/mol. The number of methoxy groups -OCH3 is 2. The van der Waals surface area contributed by atoms with Gasteiger partial charge in [0.25, 0.3) is 0 Å². The SMILES string of the molecule is CCn1c(Cc2ccc(OC)cc2)nnc1SCC(=O)Nc1sc2c(c1C(=O)OC)CCC2. The second-order valence-electron chi connectivity index (χ2n) is 7.56. The largest absolute Gasteiger partial charge is 0.497 e. The van der Waals surface area contributed by atoms with Crippen LogP contribution in [0.15, 0.2) is 29.4 Å². The van der Waals surface area contributed by atoms with Crippen LogP contribution in [0.3, 0.4) is 0 Å². The van der Waals surface area contributed by atoms with Gasteiger partial charge in [-0.05, 0) is 49.4 Å². The molecule has 0 bridgehead atoms. The maximum Gasteiger partial charge on any atom is 0.341 e. The van der Waals surface area contributed by atoms with Gasteiger partial charge in [0.2, 0.25) is 5.91 Å². The molecule has 0 radical (unpaired) electrons. The topological polar surface area (TPSA) is 95.3 Å². The number of carbonyl (C=O) groups is 2. The van der Waals surface area contributed by atoms with E-state index in [1.807, 2.05) is 35.8 Å². The fourth-order valence-corrected chi connectivity index (χ4v) is 6.02. The number of nitrogens with one attached hydrogen (secondary N) is 1. The monoisotopic (exact) mass is 486 g/mol. The second kappa shape index (κ2) is 10.4. The van der Waals surface area contributed by atoms with Crippen molar-refractivity contribution in [3.63, 3.8) is 0 Å². The number of fused-ring (bicyclic) bond motifs is 1. The average molecular weight is 487 g/mol. The molecule has 0 spiro atoms. The summed E-state index contributed by atoms with van der Waals surface area (Å²) in [5, 5.41) is 12.8. The number of hydrogen-bond donors (Lipinski definition) is 1. The van der Waals surface area contributed by atoms with Crippen LogP contribution >= 0.6 is 23.1 Å². The van der Waals surface area contributed by atoms with E-state index < -0.39 is 5.97 Å². The Morgan fingerprint density at radius 1 is 1.18 bits per heavy atom. The fourth-order valence-electron chi connectivity index (χ4n) is 3.90. The van der Waals surface area contributed by atoms with E-state index in [0.29, 0.717) is 28.7 Å². The van der Waals surface area contributed by atoms with Crippen molar-refractivity contribution in [3.05, 3.63) is 51.7 Å². The lowest BCUT2D eigenvalue weighted by molar-refractivity contribution is -0.113. The standard InChI is InChI=1S/C23H26N4O4S2/c1-4-27-18(12-14-8-10-15(30-2)11-9-14)25-26-23(27)32-13-19(28)24-21-20(22(29)31-3)16-6-5-7-17(16)33-21/h8-11H,4-7,12-13H2,1-3H3,(H,24,28). The minimum atomic E-state index is -0.397. The molecular formula is C23H26N4O4S2. The van der Waals surface area contributed by atoms with E-state index in [1.165, 1.54) is 30.2 Å². The van der Waals surface area contributed by atoms with Gasteiger partial charge in [0, 0.05) is 17.8 Å². The van der Waals surface area contributed by atoms with E-state index in [-0.39, 0.29) is 11.7 Å². The molecule has 2 aromatic heterocycles. The number of aryl methyl sites for hydroxylation is 1. The first kappa shape index (κ1) is 23.3. The number of esters is 1. The van der Waals surface area contributed by atoms with E-state index in [1.54, 1.807) is 7.11 Å². The first-order chi connectivity index (χ1) is 16.0. The summed E-state index contributed by atoms with van der Waals surface area (Å²) in [5.74, 6) is 1.24. The maximum atomic E-state index is 12.7. The van der Waals surface area contributed by atoms with Crippen molar-refractivity contribution in [2.45, 2.75) is 44.3 Å². The highest BCUT2D eigenvalue weighted by Crippen LogP contribution is 2.39. The molecule has 0 fully saturated rings. The quantitative estimate of drug-likeness (QED) is 0.361. The van der Waals surface area contributed by atoms with Gasteiger partial charge < -0.3 is 19.4 Å². The summed E-state index contributed by atoms with van der Waals surface area (Å²) in [6.45, 7) is 2.73. The van der Waals surface area contributed by atoms with Crippen LogP contribution in [0.5, 0.6) is 5.75 Å². The zero-order valence-electron chi connectivity index (χ0n) is 18.8. The van der Waals surface area contributed by atoms with Crippen LogP contribution in [0.25, 0.3) is 0 Å². The molecule has 0 saturated heterocycles. The Kier molecular flexibility index (Phi) is 7.34. The zero-order chi connectivity index (χ0) is 23.4. The molecule has 1 aliphatic carbocycles. The van der Waals surface area contributed by atoms with Gasteiger partial charge in [-0.15, -0.1) is 21.5 Å². The van der Waals surface area contributed by atoms with Crippen LogP contribution in [0.2, 0.25) is 0 Å². The van der Waals surface area contributed by atoms with Gasteiger partial charge in [-0.3, -0.25) is 4.79 Å². The van der Waals surface area contributed by atoms with Crippen LogP contribution in [-0.4, -0.2) is 46.6 Å². The average Bonchev–Trinajstić information content (AvgIpc) is 3.52. The summed E-state index contributed by atoms with van der Waals surface area (Å²) in [5.41, 5.74) is 2.63. The first-order valence-corrected chi connectivity index (χ1v) is 12.5. The van der Waals surface area contributed by atoms with E-state index >= 15 is 0 Å². The van der Waals surface area contributed by atoms with E-state index in [4.69, 9.17) is 9.47 Å². The third-order valence-electron chi connectivity index (χ3n) is 5.53. The van der Waals surface area contributed by atoms with Crippen molar-refractivity contribution in [1.29, 1.82) is 0 Å². The number of aromatic nitrogens is 3. The normalized spacial score (nSPS) is 12.5. The van der Waals surface area contributed by atoms with Crippen molar-refractivity contribution in [2.24, 2.45) is 0 Å². The Hall–Kier alpha value is -2.85. The van der Waals surface area contributed by atoms with Crippen molar-refractivity contribution < 1.29 is 19.1 Å². The number of ether oxygens (including phenoxy) is 2. The van der Waals surface area contributed by atoms with Crippen LogP contribution in [0.4, 0.5) is 5.00 Å². The van der Waals surface area contributed by atoms with Gasteiger partial charge in [0.15, 0.2) is 5.16 Å². The molecule has 0 aliphatic heterocycles. The van der Waals surface area contributed by atoms with Crippen molar-refractivity contribution in [2.75, 3.05) is 25.3 Å². The number of nitrogens with zero attached hydrogens (tertiary/aromatic N) is 3. The molecule has 0 unspecified atom stereocenters. The number of amides is 1. The van der Waals surface area contributed by atoms with E-state index in [9.17, 15) is 9.59 Å². The van der Waals surface area contributed by atoms with E-state index in [2.05, 4.69) is 15.5 Å². The van der Waals surface area contributed by atoms with Gasteiger partial charge in [-0.25, -0.2) is 4.79 Å². The van der Waals surface area contributed by atoms with Gasteiger partial charge in [0.05, 0.1) is 25.5 Å². The van der Waals surface area contributed by atoms with Crippen molar-refractivity contribution in [1.82, 2.24) is 14.8 Å². The number of anilines is 1. The third kappa shape index (κ3) is 5.06. The molecule has 2 heterocycles. The predicted octanol–water partition coefficient (Wildman–Crippen LogP) is 3.97. The lowest BCUT2D eigenvalue weighted by Gasteiger charge is -2.09. The van der Waals surface area contributed by atoms with Crippen LogP contribution < -0.4 is 10.1 Å². The lowest BCUT2D eigenvalue weighted by Crippen LogP contribution is -2.16. The van der Waals surface area contributed by atoms with Crippen LogP contribution in [-0.2, 0) is 35.3 Å². The molecule has 1 amide bonds. The molecule has 33 heavy (non-hydrogen) atoms. The molecule has 10 heteroatoms. The Morgan fingerprint density at radius 2 is 1.97 bits per heavy atom. The maximum absolute atomic E-state index is 12.7. The number of thioether (sulfide) groups is 1. The molecule has 0 saturated carbocycles. The van der Waals surface area contributed by atoms with Gasteiger partial charge in [0.1, 0.15) is 16.6 Å². The summed E-state index contributed by atoms with van der Waals surface area (Å²) in [4.78, 5) is 26.1. The molecule has 8 nitrogen and oxygen atoms in total. The molecule has 0 atom stereocenters. The molecule has 3 aromatic rings. The predicted molar refractivity (Wildman–Crippen MR) is 129 cm³/mol.